The number of nitrogens with zero attached hydrogens (tertiary/aromatic N) is 1. The molecular weight excluding hydrogens is 358 g/mol. The van der Waals surface area contributed by atoms with Crippen LogP contribution in [-0.2, 0) is 4.79 Å². The summed E-state index contributed by atoms with van der Waals surface area (Å²) in [5.41, 5.74) is 0. The van der Waals surface area contributed by atoms with Gasteiger partial charge in [-0.15, -0.1) is 0 Å². The lowest BCUT2D eigenvalue weighted by atomic mass is 10.1. The molecule has 0 N–H and O–H groups in total. The Morgan fingerprint density at radius 3 is 1.62 bits per heavy atom. The zero-order valence-corrected chi connectivity index (χ0v) is 20.2. The van der Waals surface area contributed by atoms with E-state index in [-0.39, 0.29) is 0 Å². The molecule has 0 aliphatic rings. The number of carbonyl (C=O) groups is 1. The van der Waals surface area contributed by atoms with E-state index in [1.165, 1.54) is 101 Å². The van der Waals surface area contributed by atoms with Crippen LogP contribution in [0, 0.1) is 0 Å². The first-order valence-corrected chi connectivity index (χ1v) is 12.3. The molecule has 0 unspecified atom stereocenters. The molecule has 0 amide bonds. The Hall–Kier alpha value is -1.09. The number of carbonyl (C=O) groups excluding carboxylic acids is 1. The molecule has 0 aromatic rings. The van der Waals surface area contributed by atoms with Crippen LogP contribution in [0.25, 0.3) is 0 Å². The maximum Gasteiger partial charge on any atom is 0.0971 e. The normalized spacial score (nSPS) is 11.3. The molecule has 0 aromatic heterocycles. The molecule has 0 fully saturated rings. The average Bonchev–Trinajstić information content (AvgIpc) is 2.71. The molecule has 0 aliphatic carbocycles. The molecule has 0 saturated carbocycles. The van der Waals surface area contributed by atoms with Gasteiger partial charge in [0.2, 0.25) is 0 Å². The number of aliphatic carboxylic acids is 1. The number of quaternary nitrogens is 1. The van der Waals surface area contributed by atoms with Crippen molar-refractivity contribution in [3.8, 4) is 0 Å². The highest BCUT2D eigenvalue weighted by Crippen LogP contribution is 2.14. The van der Waals surface area contributed by atoms with Crippen molar-refractivity contribution >= 4 is 5.97 Å². The predicted octanol–water partition coefficient (Wildman–Crippen LogP) is 6.43. The summed E-state index contributed by atoms with van der Waals surface area (Å²) < 4.78 is 1.29. The van der Waals surface area contributed by atoms with Gasteiger partial charge in [0.1, 0.15) is 0 Å². The number of allylic oxidation sites excluding steroid dienone is 1. The van der Waals surface area contributed by atoms with E-state index in [1.54, 1.807) is 6.08 Å². The third kappa shape index (κ3) is 21.4. The van der Waals surface area contributed by atoms with Crippen LogP contribution in [-0.4, -0.2) is 36.6 Å². The monoisotopic (exact) mass is 409 g/mol. The number of carboxylic acid groups (broad SMARTS) is 1. The molecule has 3 heteroatoms. The van der Waals surface area contributed by atoms with Gasteiger partial charge in [0.15, 0.2) is 0 Å². The second-order valence-corrected chi connectivity index (χ2v) is 8.32. The minimum absolute atomic E-state index is 0.861. The lowest BCUT2D eigenvalue weighted by Crippen LogP contribution is -2.50. The molecule has 0 heterocycles. The number of unbranched alkanes of at least 4 members (excludes halogenated alkanes) is 9. The van der Waals surface area contributed by atoms with Gasteiger partial charge in [-0.1, -0.05) is 91.7 Å². The number of carboxylic acids is 1. The van der Waals surface area contributed by atoms with Crippen LogP contribution in [0.5, 0.6) is 0 Å². The van der Waals surface area contributed by atoms with Crippen LogP contribution in [0.3, 0.4) is 0 Å². The molecule has 0 radical (unpaired) electrons. The van der Waals surface area contributed by atoms with E-state index in [0.717, 1.165) is 18.9 Å². The van der Waals surface area contributed by atoms with Crippen LogP contribution in [0.2, 0.25) is 0 Å². The van der Waals surface area contributed by atoms with Crippen molar-refractivity contribution in [1.29, 1.82) is 0 Å². The molecule has 29 heavy (non-hydrogen) atoms. The summed E-state index contributed by atoms with van der Waals surface area (Å²) in [5, 5.41) is 9.98. The number of hydrogen-bond donors (Lipinski definition) is 0. The van der Waals surface area contributed by atoms with E-state index < -0.39 is 5.97 Å². The topological polar surface area (TPSA) is 40.1 Å². The Labute approximate surface area is 182 Å². The molecule has 0 atom stereocenters. The average molecular weight is 410 g/mol. The molecule has 0 spiro atoms. The molecule has 0 aliphatic heterocycles. The van der Waals surface area contributed by atoms with Crippen molar-refractivity contribution in [3.05, 3.63) is 24.8 Å². The first-order chi connectivity index (χ1) is 14.0. The van der Waals surface area contributed by atoms with Crippen LogP contribution in [0.15, 0.2) is 24.8 Å². The maximum absolute atomic E-state index is 9.98. The number of rotatable bonds is 19. The van der Waals surface area contributed by atoms with Crippen molar-refractivity contribution in [1.82, 2.24) is 0 Å². The van der Waals surface area contributed by atoms with Crippen LogP contribution < -0.4 is 5.11 Å². The Balaban J connectivity index is 0. The fourth-order valence-corrected chi connectivity index (χ4v) is 3.59. The first kappa shape index (κ1) is 30.1. The highest BCUT2D eigenvalue weighted by atomic mass is 16.4. The lowest BCUT2D eigenvalue weighted by molar-refractivity contribution is -0.923. The summed E-state index contributed by atoms with van der Waals surface area (Å²) in [6, 6.07) is 0. The highest BCUT2D eigenvalue weighted by molar-refractivity contribution is 5.77. The van der Waals surface area contributed by atoms with Crippen molar-refractivity contribution in [2.45, 2.75) is 111 Å². The molecule has 0 rings (SSSR count). The second-order valence-electron chi connectivity index (χ2n) is 8.32. The minimum Gasteiger partial charge on any atom is -0.545 e. The van der Waals surface area contributed by atoms with Gasteiger partial charge >= 0.3 is 0 Å². The van der Waals surface area contributed by atoms with Crippen molar-refractivity contribution in [2.24, 2.45) is 0 Å². The van der Waals surface area contributed by atoms with Crippen LogP contribution >= 0.6 is 0 Å². The van der Waals surface area contributed by atoms with Crippen LogP contribution in [0.1, 0.15) is 111 Å². The van der Waals surface area contributed by atoms with E-state index in [1.807, 2.05) is 0 Å². The third-order valence-corrected chi connectivity index (χ3v) is 5.45. The van der Waals surface area contributed by atoms with Gasteiger partial charge in [-0.25, -0.2) is 0 Å². The van der Waals surface area contributed by atoms with Crippen molar-refractivity contribution < 1.29 is 14.4 Å². The standard InChI is InChI=1S/C15H32N.C11H20O2/c1-5-9-13-16(12-8-4,14-10-6-2)15-11-7-3;1-2-3-4-5-6-7-8-9-10-11(12)13/h8H,4-7,9-15H2,1-3H3;9-10H,2-8H2,1H3,(H,12,13)/q+1;/p-1. The van der Waals surface area contributed by atoms with Gasteiger partial charge in [0.25, 0.3) is 0 Å². The van der Waals surface area contributed by atoms with E-state index in [4.69, 9.17) is 0 Å². The maximum atomic E-state index is 9.98. The Morgan fingerprint density at radius 2 is 1.21 bits per heavy atom. The quantitative estimate of drug-likeness (QED) is 0.107. The fraction of sp³-hybridized carbons (Fsp3) is 0.808. The summed E-state index contributed by atoms with van der Waals surface area (Å²) >= 11 is 0. The first-order valence-electron chi connectivity index (χ1n) is 12.3. The largest absolute Gasteiger partial charge is 0.545 e. The number of hydrogen-bond acceptors (Lipinski definition) is 2. The smallest absolute Gasteiger partial charge is 0.0971 e. The zero-order chi connectivity index (χ0) is 22.2. The van der Waals surface area contributed by atoms with E-state index >= 15 is 0 Å². The Kier molecular flexibility index (Phi) is 24.1. The minimum atomic E-state index is -1.09. The van der Waals surface area contributed by atoms with Gasteiger partial charge in [-0.05, 0) is 44.3 Å². The molecule has 0 saturated heterocycles. The molecule has 0 aromatic carbocycles. The summed E-state index contributed by atoms with van der Waals surface area (Å²) in [6.07, 6.45) is 21.3. The third-order valence-electron chi connectivity index (χ3n) is 5.45. The van der Waals surface area contributed by atoms with Gasteiger partial charge in [0, 0.05) is 0 Å². The van der Waals surface area contributed by atoms with Crippen LogP contribution in [0.4, 0.5) is 0 Å². The predicted molar refractivity (Wildman–Crippen MR) is 127 cm³/mol. The summed E-state index contributed by atoms with van der Waals surface area (Å²) in [5.74, 6) is -1.09. The zero-order valence-electron chi connectivity index (χ0n) is 20.2. The molecule has 172 valence electrons. The summed E-state index contributed by atoms with van der Waals surface area (Å²) in [4.78, 5) is 9.98. The summed E-state index contributed by atoms with van der Waals surface area (Å²) in [6.45, 7) is 18.2. The Bertz CT molecular complexity index is 368. The second kappa shape index (κ2) is 23.2. The molecule has 3 nitrogen and oxygen atoms in total. The SMILES string of the molecule is C=CC[N+](CCCC)(CCCC)CCCC.CCCCCCCCC=CC(=O)[O-]. The summed E-state index contributed by atoms with van der Waals surface area (Å²) in [7, 11) is 0. The highest BCUT2D eigenvalue weighted by Gasteiger charge is 2.23. The van der Waals surface area contributed by atoms with E-state index in [9.17, 15) is 9.90 Å². The van der Waals surface area contributed by atoms with Gasteiger partial charge < -0.3 is 14.4 Å². The lowest BCUT2D eigenvalue weighted by Gasteiger charge is -2.38. The van der Waals surface area contributed by atoms with E-state index in [2.05, 4.69) is 40.3 Å². The van der Waals surface area contributed by atoms with Gasteiger partial charge in [-0.2, -0.15) is 0 Å². The van der Waals surface area contributed by atoms with Gasteiger partial charge in [-0.3, -0.25) is 0 Å². The fourth-order valence-electron chi connectivity index (χ4n) is 3.59. The van der Waals surface area contributed by atoms with E-state index in [0.29, 0.717) is 0 Å². The Morgan fingerprint density at radius 1 is 0.759 bits per heavy atom. The molecule has 0 bridgehead atoms. The van der Waals surface area contributed by atoms with Crippen molar-refractivity contribution in [3.63, 3.8) is 0 Å². The van der Waals surface area contributed by atoms with Gasteiger partial charge in [0.05, 0.1) is 32.1 Å². The molecular formula is C26H51NO2. The van der Waals surface area contributed by atoms with Crippen molar-refractivity contribution in [2.75, 3.05) is 26.2 Å².